The Hall–Kier alpha value is -1.35. The molecule has 1 aromatic carbocycles. The molecule has 1 amide bonds. The Balaban J connectivity index is 1.61. The van der Waals surface area contributed by atoms with Crippen molar-refractivity contribution < 1.29 is 4.79 Å². The Morgan fingerprint density at radius 2 is 2.18 bits per heavy atom. The van der Waals surface area contributed by atoms with Crippen LogP contribution in [0.2, 0.25) is 0 Å². The van der Waals surface area contributed by atoms with Crippen molar-refractivity contribution in [2.45, 2.75) is 31.3 Å². The second-order valence-corrected chi connectivity index (χ2v) is 5.16. The molecule has 3 rings (SSSR count). The standard InChI is InChI=1S/C14H18N2O/c15-12(10-4-2-1-3-5-10)9-14(17)16-7-6-11-8-13(11)16/h1-5,11-13H,6-9,15H2. The summed E-state index contributed by atoms with van der Waals surface area (Å²) >= 11 is 0. The van der Waals surface area contributed by atoms with E-state index in [9.17, 15) is 4.79 Å². The van der Waals surface area contributed by atoms with Crippen LogP contribution in [0.15, 0.2) is 30.3 Å². The number of benzene rings is 1. The predicted molar refractivity (Wildman–Crippen MR) is 66.2 cm³/mol. The minimum Gasteiger partial charge on any atom is -0.339 e. The number of fused-ring (bicyclic) bond motifs is 1. The molecule has 3 nitrogen and oxygen atoms in total. The zero-order chi connectivity index (χ0) is 11.8. The second-order valence-electron chi connectivity index (χ2n) is 5.16. The van der Waals surface area contributed by atoms with Crippen molar-refractivity contribution in [3.05, 3.63) is 35.9 Å². The summed E-state index contributed by atoms with van der Waals surface area (Å²) in [5, 5.41) is 0. The molecule has 3 atom stereocenters. The van der Waals surface area contributed by atoms with Crippen molar-refractivity contribution in [2.24, 2.45) is 11.7 Å². The highest BCUT2D eigenvalue weighted by Gasteiger charge is 2.48. The van der Waals surface area contributed by atoms with Gasteiger partial charge in [-0.3, -0.25) is 4.79 Å². The molecule has 1 saturated heterocycles. The lowest BCUT2D eigenvalue weighted by atomic mass is 10.0. The number of rotatable bonds is 3. The number of carbonyl (C=O) groups excluding carboxylic acids is 1. The van der Waals surface area contributed by atoms with E-state index < -0.39 is 0 Å². The summed E-state index contributed by atoms with van der Waals surface area (Å²) in [7, 11) is 0. The topological polar surface area (TPSA) is 46.3 Å². The highest BCUT2D eigenvalue weighted by Crippen LogP contribution is 2.44. The summed E-state index contributed by atoms with van der Waals surface area (Å²) in [6.45, 7) is 0.940. The normalized spacial score (nSPS) is 27.7. The van der Waals surface area contributed by atoms with E-state index in [0.717, 1.165) is 18.0 Å². The molecule has 1 aromatic rings. The van der Waals surface area contributed by atoms with Crippen LogP contribution < -0.4 is 5.73 Å². The van der Waals surface area contributed by atoms with Gasteiger partial charge in [0.25, 0.3) is 0 Å². The van der Waals surface area contributed by atoms with Crippen LogP contribution in [0.4, 0.5) is 0 Å². The molecule has 2 fully saturated rings. The number of hydrogen-bond donors (Lipinski definition) is 1. The van der Waals surface area contributed by atoms with Crippen LogP contribution in [0.5, 0.6) is 0 Å². The number of nitrogens with zero attached hydrogens (tertiary/aromatic N) is 1. The van der Waals surface area contributed by atoms with Crippen molar-refractivity contribution in [1.82, 2.24) is 4.90 Å². The van der Waals surface area contributed by atoms with E-state index in [1.807, 2.05) is 35.2 Å². The maximum absolute atomic E-state index is 12.1. The fraction of sp³-hybridized carbons (Fsp3) is 0.500. The third-order valence-electron chi connectivity index (χ3n) is 3.97. The van der Waals surface area contributed by atoms with Crippen LogP contribution >= 0.6 is 0 Å². The van der Waals surface area contributed by atoms with E-state index in [1.165, 1.54) is 12.8 Å². The molecule has 17 heavy (non-hydrogen) atoms. The van der Waals surface area contributed by atoms with Gasteiger partial charge in [0.15, 0.2) is 0 Å². The molecule has 2 N–H and O–H groups in total. The fourth-order valence-electron chi connectivity index (χ4n) is 2.83. The first-order valence-corrected chi connectivity index (χ1v) is 6.35. The van der Waals surface area contributed by atoms with Crippen LogP contribution in [0.25, 0.3) is 0 Å². The summed E-state index contributed by atoms with van der Waals surface area (Å²) in [6.07, 6.45) is 2.84. The van der Waals surface area contributed by atoms with Crippen LogP contribution in [-0.2, 0) is 4.79 Å². The van der Waals surface area contributed by atoms with Gasteiger partial charge in [0, 0.05) is 25.0 Å². The first kappa shape index (κ1) is 10.8. The number of amides is 1. The maximum Gasteiger partial charge on any atom is 0.224 e. The molecule has 1 saturated carbocycles. The summed E-state index contributed by atoms with van der Waals surface area (Å²) in [4.78, 5) is 14.1. The first-order valence-electron chi connectivity index (χ1n) is 6.35. The Morgan fingerprint density at radius 1 is 1.41 bits per heavy atom. The lowest BCUT2D eigenvalue weighted by Gasteiger charge is -2.20. The van der Waals surface area contributed by atoms with E-state index in [0.29, 0.717) is 12.5 Å². The molecular formula is C14H18N2O. The van der Waals surface area contributed by atoms with Gasteiger partial charge in [-0.05, 0) is 24.3 Å². The van der Waals surface area contributed by atoms with Gasteiger partial charge in [-0.2, -0.15) is 0 Å². The van der Waals surface area contributed by atoms with E-state index in [2.05, 4.69) is 0 Å². The molecule has 0 spiro atoms. The van der Waals surface area contributed by atoms with Crippen molar-refractivity contribution in [2.75, 3.05) is 6.54 Å². The Morgan fingerprint density at radius 3 is 2.76 bits per heavy atom. The zero-order valence-electron chi connectivity index (χ0n) is 9.88. The highest BCUT2D eigenvalue weighted by molar-refractivity contribution is 5.78. The molecule has 0 bridgehead atoms. The summed E-state index contributed by atoms with van der Waals surface area (Å²) in [5.74, 6) is 1.03. The minimum absolute atomic E-state index is 0.165. The molecule has 0 radical (unpaired) electrons. The van der Waals surface area contributed by atoms with Gasteiger partial charge >= 0.3 is 0 Å². The molecule has 2 aliphatic rings. The van der Waals surface area contributed by atoms with Crippen LogP contribution in [0, 0.1) is 5.92 Å². The quantitative estimate of drug-likeness (QED) is 0.859. The highest BCUT2D eigenvalue weighted by atomic mass is 16.2. The number of hydrogen-bond acceptors (Lipinski definition) is 2. The van der Waals surface area contributed by atoms with E-state index in [-0.39, 0.29) is 11.9 Å². The lowest BCUT2D eigenvalue weighted by Crippen LogP contribution is -2.33. The van der Waals surface area contributed by atoms with Crippen molar-refractivity contribution >= 4 is 5.91 Å². The van der Waals surface area contributed by atoms with E-state index >= 15 is 0 Å². The van der Waals surface area contributed by atoms with E-state index in [4.69, 9.17) is 5.73 Å². The molecule has 1 heterocycles. The summed E-state index contributed by atoms with van der Waals surface area (Å²) in [6, 6.07) is 10.3. The summed E-state index contributed by atoms with van der Waals surface area (Å²) in [5.41, 5.74) is 7.12. The largest absolute Gasteiger partial charge is 0.339 e. The molecular weight excluding hydrogens is 212 g/mol. The third kappa shape index (κ3) is 2.07. The molecule has 3 unspecified atom stereocenters. The van der Waals surface area contributed by atoms with Gasteiger partial charge < -0.3 is 10.6 Å². The SMILES string of the molecule is NC(CC(=O)N1CCC2CC21)c1ccccc1. The molecule has 1 aliphatic carbocycles. The van der Waals surface area contributed by atoms with E-state index in [1.54, 1.807) is 0 Å². The molecule has 0 aromatic heterocycles. The van der Waals surface area contributed by atoms with Gasteiger partial charge in [-0.25, -0.2) is 0 Å². The van der Waals surface area contributed by atoms with Gasteiger partial charge in [0.1, 0.15) is 0 Å². The number of nitrogens with two attached hydrogens (primary N) is 1. The van der Waals surface area contributed by atoms with Gasteiger partial charge in [-0.15, -0.1) is 0 Å². The van der Waals surface area contributed by atoms with Gasteiger partial charge in [-0.1, -0.05) is 30.3 Å². The van der Waals surface area contributed by atoms with Crippen LogP contribution in [-0.4, -0.2) is 23.4 Å². The number of likely N-dealkylation sites (tertiary alicyclic amines) is 1. The van der Waals surface area contributed by atoms with Crippen molar-refractivity contribution in [3.63, 3.8) is 0 Å². The minimum atomic E-state index is -0.165. The summed E-state index contributed by atoms with van der Waals surface area (Å²) < 4.78 is 0. The Kier molecular flexibility index (Phi) is 2.63. The maximum atomic E-state index is 12.1. The molecule has 3 heteroatoms. The zero-order valence-corrected chi connectivity index (χ0v) is 9.88. The number of carbonyl (C=O) groups is 1. The monoisotopic (exact) mass is 230 g/mol. The average molecular weight is 230 g/mol. The Bertz CT molecular complexity index is 417. The third-order valence-corrected chi connectivity index (χ3v) is 3.97. The molecule has 90 valence electrons. The van der Waals surface area contributed by atoms with Crippen molar-refractivity contribution in [1.29, 1.82) is 0 Å². The number of piperidine rings is 1. The van der Waals surface area contributed by atoms with Gasteiger partial charge in [0.2, 0.25) is 5.91 Å². The molecule has 1 aliphatic heterocycles. The second kappa shape index (κ2) is 4.15. The smallest absolute Gasteiger partial charge is 0.224 e. The first-order chi connectivity index (χ1) is 8.25. The van der Waals surface area contributed by atoms with Gasteiger partial charge in [0.05, 0.1) is 0 Å². The van der Waals surface area contributed by atoms with Crippen LogP contribution in [0.1, 0.15) is 30.9 Å². The predicted octanol–water partition coefficient (Wildman–Crippen LogP) is 1.70. The fourth-order valence-corrected chi connectivity index (χ4v) is 2.83. The Labute approximate surface area is 102 Å². The lowest BCUT2D eigenvalue weighted by molar-refractivity contribution is -0.131. The van der Waals surface area contributed by atoms with Crippen LogP contribution in [0.3, 0.4) is 0 Å². The van der Waals surface area contributed by atoms with Crippen molar-refractivity contribution in [3.8, 4) is 0 Å². The average Bonchev–Trinajstić information content (AvgIpc) is 3.01.